The van der Waals surface area contributed by atoms with Crippen molar-refractivity contribution in [1.82, 2.24) is 0 Å². The Hall–Kier alpha value is -0.490. The molecule has 2 rings (SSSR count). The first kappa shape index (κ1) is 14.9. The Kier molecular flexibility index (Phi) is 4.95. The fourth-order valence-corrected chi connectivity index (χ4v) is 3.00. The minimum Gasteiger partial charge on any atom is -0.381 e. The molecule has 106 valence electrons. The lowest BCUT2D eigenvalue weighted by Gasteiger charge is -2.40. The van der Waals surface area contributed by atoms with Crippen molar-refractivity contribution in [3.05, 3.63) is 34.1 Å². The number of rotatable bonds is 4. The molecule has 0 bridgehead atoms. The normalized spacial score (nSPS) is 20.2. The molecule has 0 radical (unpaired) electrons. The molecule has 19 heavy (non-hydrogen) atoms. The molecule has 0 spiro atoms. The van der Waals surface area contributed by atoms with E-state index in [1.54, 1.807) is 13.2 Å². The quantitative estimate of drug-likeness (QED) is 0.922. The van der Waals surface area contributed by atoms with Crippen LogP contribution in [0.5, 0.6) is 0 Å². The molecule has 1 saturated heterocycles. The van der Waals surface area contributed by atoms with Crippen molar-refractivity contribution >= 4 is 15.9 Å². The Labute approximate surface area is 121 Å². The average molecular weight is 332 g/mol. The smallest absolute Gasteiger partial charge is 0.137 e. The molecule has 0 amide bonds. The van der Waals surface area contributed by atoms with Crippen LogP contribution in [-0.4, -0.2) is 32.0 Å². The van der Waals surface area contributed by atoms with Crippen LogP contribution in [0.3, 0.4) is 0 Å². The first-order chi connectivity index (χ1) is 9.09. The zero-order valence-corrected chi connectivity index (χ0v) is 12.6. The van der Waals surface area contributed by atoms with Crippen LogP contribution in [0.15, 0.2) is 22.7 Å². The molecule has 1 aromatic rings. The molecular weight excluding hydrogens is 313 g/mol. The summed E-state index contributed by atoms with van der Waals surface area (Å²) >= 11 is 3.28. The third kappa shape index (κ3) is 3.16. The second-order valence-corrected chi connectivity index (χ2v) is 5.70. The maximum absolute atomic E-state index is 13.5. The Balaban J connectivity index is 2.15. The molecule has 0 aromatic heterocycles. The molecule has 1 aliphatic rings. The van der Waals surface area contributed by atoms with Gasteiger partial charge in [-0.15, -0.1) is 0 Å². The fraction of sp³-hybridized carbons (Fsp3) is 0.571. The largest absolute Gasteiger partial charge is 0.381 e. The van der Waals surface area contributed by atoms with Gasteiger partial charge in [-0.1, -0.05) is 12.1 Å². The number of ether oxygens (including phenoxy) is 2. The molecule has 1 aromatic carbocycles. The van der Waals surface area contributed by atoms with E-state index in [0.717, 1.165) is 18.4 Å². The molecule has 1 unspecified atom stereocenters. The molecule has 1 atom stereocenters. The van der Waals surface area contributed by atoms with Crippen LogP contribution < -0.4 is 5.73 Å². The lowest BCUT2D eigenvalue weighted by Crippen LogP contribution is -2.54. The standard InChI is InChI=1S/C14H19BrFNO2/c1-18-14(5-7-19-8-6-14)12(17)9-10-3-2-4-11(16)13(10)15/h2-4,12H,5-9,17H2,1H3. The van der Waals surface area contributed by atoms with Crippen LogP contribution in [0.2, 0.25) is 0 Å². The molecule has 1 fully saturated rings. The van der Waals surface area contributed by atoms with E-state index in [9.17, 15) is 4.39 Å². The third-order valence-electron chi connectivity index (χ3n) is 3.89. The van der Waals surface area contributed by atoms with Gasteiger partial charge in [0.05, 0.1) is 10.1 Å². The minimum absolute atomic E-state index is 0.181. The zero-order valence-electron chi connectivity index (χ0n) is 11.0. The highest BCUT2D eigenvalue weighted by atomic mass is 79.9. The van der Waals surface area contributed by atoms with Gasteiger partial charge in [-0.05, 0) is 34.0 Å². The Morgan fingerprint density at radius 3 is 2.79 bits per heavy atom. The number of benzene rings is 1. The number of methoxy groups -OCH3 is 1. The summed E-state index contributed by atoms with van der Waals surface area (Å²) in [4.78, 5) is 0. The number of hydrogen-bond acceptors (Lipinski definition) is 3. The zero-order chi connectivity index (χ0) is 13.9. The van der Waals surface area contributed by atoms with Gasteiger partial charge in [0.1, 0.15) is 5.82 Å². The summed E-state index contributed by atoms with van der Waals surface area (Å²) in [5.74, 6) is -0.261. The summed E-state index contributed by atoms with van der Waals surface area (Å²) in [7, 11) is 1.69. The first-order valence-electron chi connectivity index (χ1n) is 6.40. The van der Waals surface area contributed by atoms with Crippen LogP contribution in [0.25, 0.3) is 0 Å². The van der Waals surface area contributed by atoms with Crippen LogP contribution in [-0.2, 0) is 15.9 Å². The highest BCUT2D eigenvalue weighted by molar-refractivity contribution is 9.10. The van der Waals surface area contributed by atoms with Gasteiger partial charge >= 0.3 is 0 Å². The van der Waals surface area contributed by atoms with E-state index < -0.39 is 0 Å². The maximum Gasteiger partial charge on any atom is 0.137 e. The van der Waals surface area contributed by atoms with Crippen molar-refractivity contribution < 1.29 is 13.9 Å². The van der Waals surface area contributed by atoms with Gasteiger partial charge in [-0.2, -0.15) is 0 Å². The van der Waals surface area contributed by atoms with Crippen molar-refractivity contribution in [2.45, 2.75) is 30.9 Å². The van der Waals surface area contributed by atoms with Crippen molar-refractivity contribution in [3.63, 3.8) is 0 Å². The molecule has 5 heteroatoms. The molecule has 1 aliphatic heterocycles. The van der Waals surface area contributed by atoms with E-state index in [1.807, 2.05) is 6.07 Å². The highest BCUT2D eigenvalue weighted by Crippen LogP contribution is 2.31. The van der Waals surface area contributed by atoms with Gasteiger partial charge < -0.3 is 15.2 Å². The minimum atomic E-state index is -0.371. The van der Waals surface area contributed by atoms with Crippen LogP contribution in [0.4, 0.5) is 4.39 Å². The fourth-order valence-electron chi connectivity index (χ4n) is 2.57. The average Bonchev–Trinajstić information content (AvgIpc) is 2.44. The van der Waals surface area contributed by atoms with Crippen molar-refractivity contribution in [2.75, 3.05) is 20.3 Å². The lowest BCUT2D eigenvalue weighted by molar-refractivity contribution is -0.103. The predicted octanol–water partition coefficient (Wildman–Crippen LogP) is 2.65. The maximum atomic E-state index is 13.5. The summed E-state index contributed by atoms with van der Waals surface area (Å²) < 4.78 is 25.0. The van der Waals surface area contributed by atoms with Crippen molar-refractivity contribution in [2.24, 2.45) is 5.73 Å². The summed E-state index contributed by atoms with van der Waals surface area (Å²) in [6.45, 7) is 1.32. The first-order valence-corrected chi connectivity index (χ1v) is 7.20. The SMILES string of the molecule is COC1(C(N)Cc2cccc(F)c2Br)CCOCC1. The number of hydrogen-bond donors (Lipinski definition) is 1. The van der Waals surface area contributed by atoms with E-state index in [2.05, 4.69) is 15.9 Å². The summed E-state index contributed by atoms with van der Waals surface area (Å²) in [5, 5.41) is 0. The Morgan fingerprint density at radius 1 is 1.47 bits per heavy atom. The molecular formula is C14H19BrFNO2. The lowest BCUT2D eigenvalue weighted by atomic mass is 9.83. The van der Waals surface area contributed by atoms with Crippen LogP contribution in [0, 0.1) is 5.82 Å². The van der Waals surface area contributed by atoms with Crippen LogP contribution >= 0.6 is 15.9 Å². The monoisotopic (exact) mass is 331 g/mol. The van der Waals surface area contributed by atoms with Crippen molar-refractivity contribution in [1.29, 1.82) is 0 Å². The summed E-state index contributed by atoms with van der Waals surface area (Å²) in [6.07, 6.45) is 2.13. The van der Waals surface area contributed by atoms with Gasteiger partial charge in [0, 0.05) is 39.2 Å². The van der Waals surface area contributed by atoms with Crippen molar-refractivity contribution in [3.8, 4) is 0 Å². The predicted molar refractivity (Wildman–Crippen MR) is 75.6 cm³/mol. The van der Waals surface area contributed by atoms with Crippen LogP contribution in [0.1, 0.15) is 18.4 Å². The number of nitrogens with two attached hydrogens (primary N) is 1. The van der Waals surface area contributed by atoms with Gasteiger partial charge in [0.2, 0.25) is 0 Å². The van der Waals surface area contributed by atoms with Gasteiger partial charge in [0.15, 0.2) is 0 Å². The second kappa shape index (κ2) is 6.31. The molecule has 0 saturated carbocycles. The Bertz CT molecular complexity index is 435. The Morgan fingerprint density at radius 2 is 2.16 bits per heavy atom. The van der Waals surface area contributed by atoms with Gasteiger partial charge in [-0.3, -0.25) is 0 Å². The second-order valence-electron chi connectivity index (χ2n) is 4.90. The third-order valence-corrected chi connectivity index (χ3v) is 4.78. The highest BCUT2D eigenvalue weighted by Gasteiger charge is 2.38. The van der Waals surface area contributed by atoms with Gasteiger partial charge in [-0.25, -0.2) is 4.39 Å². The van der Waals surface area contributed by atoms with Gasteiger partial charge in [0.25, 0.3) is 0 Å². The topological polar surface area (TPSA) is 44.5 Å². The summed E-state index contributed by atoms with van der Waals surface area (Å²) in [6, 6.07) is 4.83. The van der Waals surface area contributed by atoms with E-state index in [-0.39, 0.29) is 17.5 Å². The summed E-state index contributed by atoms with van der Waals surface area (Å²) in [5.41, 5.74) is 6.82. The van der Waals surface area contributed by atoms with E-state index >= 15 is 0 Å². The van der Waals surface area contributed by atoms with E-state index in [4.69, 9.17) is 15.2 Å². The molecule has 3 nitrogen and oxygen atoms in total. The van der Waals surface area contributed by atoms with E-state index in [1.165, 1.54) is 6.07 Å². The molecule has 2 N–H and O–H groups in total. The van der Waals surface area contributed by atoms with E-state index in [0.29, 0.717) is 24.1 Å². The molecule has 0 aliphatic carbocycles. The molecule has 1 heterocycles. The number of halogens is 2.